The number of amides is 3. The number of ether oxygens (including phenoxy) is 1. The van der Waals surface area contributed by atoms with E-state index < -0.39 is 29.8 Å². The molecule has 1 aliphatic rings. The Morgan fingerprint density at radius 3 is 2.34 bits per heavy atom. The first-order chi connectivity index (χ1) is 15.1. The van der Waals surface area contributed by atoms with Crippen LogP contribution in [0.3, 0.4) is 0 Å². The largest absolute Gasteiger partial charge is 0.444 e. The number of hydrogen-bond acceptors (Lipinski definition) is 5. The first-order valence-corrected chi connectivity index (χ1v) is 10.4. The lowest BCUT2D eigenvalue weighted by Crippen LogP contribution is -2.52. The second-order valence-electron chi connectivity index (χ2n) is 8.54. The quantitative estimate of drug-likeness (QED) is 0.770. The highest BCUT2D eigenvalue weighted by atomic mass is 16.6. The minimum absolute atomic E-state index is 0.388. The van der Waals surface area contributed by atoms with Crippen molar-refractivity contribution in [1.29, 1.82) is 0 Å². The normalized spacial score (nSPS) is 16.9. The van der Waals surface area contributed by atoms with Crippen LogP contribution in [0, 0.1) is 0 Å². The average molecular weight is 437 g/mol. The molecule has 0 spiro atoms. The van der Waals surface area contributed by atoms with Gasteiger partial charge in [0.2, 0.25) is 12.1 Å². The van der Waals surface area contributed by atoms with Crippen LogP contribution >= 0.6 is 0 Å². The van der Waals surface area contributed by atoms with Gasteiger partial charge in [-0.05, 0) is 33.8 Å². The van der Waals surface area contributed by atoms with E-state index in [1.165, 1.54) is 11.8 Å². The van der Waals surface area contributed by atoms with Gasteiger partial charge in [0.05, 0.1) is 11.4 Å². The van der Waals surface area contributed by atoms with Crippen molar-refractivity contribution in [3.8, 4) is 0 Å². The predicted octanol–water partition coefficient (Wildman–Crippen LogP) is 2.86. The minimum Gasteiger partial charge on any atom is -0.444 e. The number of rotatable bonds is 4. The standard InChI is InChI=1S/C24H28N4O4/c1-15(25-23(31)32-24(2,3)4)21(29)27-20-22(30)28(5)18-14-10-9-13-17(18)19(26-20)16-11-7-6-8-12-16/h6-15,20H,1-5H3,(H,25,31)(H,27,29)/t15-,20?/m0/s1. The van der Waals surface area contributed by atoms with Crippen molar-refractivity contribution in [3.05, 3.63) is 65.7 Å². The highest BCUT2D eigenvalue weighted by Crippen LogP contribution is 2.27. The molecule has 3 rings (SSSR count). The number of nitrogens with zero attached hydrogens (tertiary/aromatic N) is 2. The average Bonchev–Trinajstić information content (AvgIpc) is 2.83. The molecule has 8 heteroatoms. The Balaban J connectivity index is 1.88. The molecule has 2 aromatic rings. The van der Waals surface area contributed by atoms with Crippen molar-refractivity contribution in [2.45, 2.75) is 45.5 Å². The monoisotopic (exact) mass is 436 g/mol. The SMILES string of the molecule is C[C@H](NC(=O)OC(C)(C)C)C(=O)NC1N=C(c2ccccc2)c2ccccc2N(C)C1=O. The van der Waals surface area contributed by atoms with E-state index in [0.717, 1.165) is 11.1 Å². The Labute approximate surface area is 187 Å². The lowest BCUT2D eigenvalue weighted by Gasteiger charge is -2.23. The van der Waals surface area contributed by atoms with Gasteiger partial charge in [-0.15, -0.1) is 0 Å². The van der Waals surface area contributed by atoms with Gasteiger partial charge in [0, 0.05) is 18.2 Å². The zero-order chi connectivity index (χ0) is 23.5. The molecular formula is C24H28N4O4. The number of likely N-dealkylation sites (N-methyl/N-ethyl adjacent to an activating group) is 1. The van der Waals surface area contributed by atoms with Crippen LogP contribution in [0.4, 0.5) is 10.5 Å². The number of hydrogen-bond donors (Lipinski definition) is 2. The van der Waals surface area contributed by atoms with E-state index in [2.05, 4.69) is 15.6 Å². The molecule has 32 heavy (non-hydrogen) atoms. The van der Waals surface area contributed by atoms with Crippen molar-refractivity contribution in [1.82, 2.24) is 10.6 Å². The van der Waals surface area contributed by atoms with Crippen LogP contribution in [0.15, 0.2) is 59.6 Å². The van der Waals surface area contributed by atoms with Crippen molar-refractivity contribution in [3.63, 3.8) is 0 Å². The molecule has 168 valence electrons. The van der Waals surface area contributed by atoms with Crippen LogP contribution in [0.2, 0.25) is 0 Å². The highest BCUT2D eigenvalue weighted by Gasteiger charge is 2.32. The van der Waals surface area contributed by atoms with Crippen LogP contribution in [0.25, 0.3) is 0 Å². The number of benzene rings is 2. The van der Waals surface area contributed by atoms with Gasteiger partial charge >= 0.3 is 6.09 Å². The number of carbonyl (C=O) groups excluding carboxylic acids is 3. The maximum atomic E-state index is 13.1. The van der Waals surface area contributed by atoms with Crippen LogP contribution in [0.5, 0.6) is 0 Å². The van der Waals surface area contributed by atoms with Crippen molar-refractivity contribution in [2.75, 3.05) is 11.9 Å². The summed E-state index contributed by atoms with van der Waals surface area (Å²) in [5.41, 5.74) is 2.20. The molecule has 1 aliphatic heterocycles. The number of para-hydroxylation sites is 1. The molecule has 2 aromatic carbocycles. The van der Waals surface area contributed by atoms with E-state index in [1.807, 2.05) is 54.6 Å². The lowest BCUT2D eigenvalue weighted by molar-refractivity contribution is -0.128. The fourth-order valence-electron chi connectivity index (χ4n) is 3.25. The highest BCUT2D eigenvalue weighted by molar-refractivity contribution is 6.20. The number of carbonyl (C=O) groups is 3. The molecule has 0 fully saturated rings. The van der Waals surface area contributed by atoms with Gasteiger partial charge < -0.3 is 20.3 Å². The van der Waals surface area contributed by atoms with Crippen LogP contribution in [-0.2, 0) is 14.3 Å². The van der Waals surface area contributed by atoms with Gasteiger partial charge in [-0.25, -0.2) is 9.79 Å². The van der Waals surface area contributed by atoms with Gasteiger partial charge in [0.1, 0.15) is 11.6 Å². The van der Waals surface area contributed by atoms with Gasteiger partial charge in [-0.1, -0.05) is 48.5 Å². The summed E-state index contributed by atoms with van der Waals surface area (Å²) in [6, 6.07) is 16.0. The number of nitrogens with one attached hydrogen (secondary N) is 2. The first-order valence-electron chi connectivity index (χ1n) is 10.4. The first kappa shape index (κ1) is 23.0. The van der Waals surface area contributed by atoms with E-state index >= 15 is 0 Å². The molecule has 0 saturated carbocycles. The summed E-state index contributed by atoms with van der Waals surface area (Å²) in [5, 5.41) is 5.13. The molecule has 0 saturated heterocycles. The maximum Gasteiger partial charge on any atom is 0.408 e. The molecule has 1 heterocycles. The summed E-state index contributed by atoms with van der Waals surface area (Å²) in [6.45, 7) is 6.71. The predicted molar refractivity (Wildman–Crippen MR) is 123 cm³/mol. The van der Waals surface area contributed by atoms with Crippen LogP contribution in [0.1, 0.15) is 38.8 Å². The van der Waals surface area contributed by atoms with Gasteiger partial charge in [-0.2, -0.15) is 0 Å². The second kappa shape index (κ2) is 9.21. The third-order valence-electron chi connectivity index (χ3n) is 4.80. The van der Waals surface area contributed by atoms with E-state index in [9.17, 15) is 14.4 Å². The van der Waals surface area contributed by atoms with E-state index in [4.69, 9.17) is 4.74 Å². The summed E-state index contributed by atoms with van der Waals surface area (Å²) >= 11 is 0. The number of benzodiazepines with no additional fused rings is 1. The zero-order valence-electron chi connectivity index (χ0n) is 18.9. The Kier molecular flexibility index (Phi) is 6.62. The lowest BCUT2D eigenvalue weighted by atomic mass is 10.0. The summed E-state index contributed by atoms with van der Waals surface area (Å²) in [5.74, 6) is -0.939. The van der Waals surface area contributed by atoms with Crippen molar-refractivity contribution < 1.29 is 19.1 Å². The third-order valence-corrected chi connectivity index (χ3v) is 4.80. The second-order valence-corrected chi connectivity index (χ2v) is 8.54. The smallest absolute Gasteiger partial charge is 0.408 e. The molecule has 8 nitrogen and oxygen atoms in total. The third kappa shape index (κ3) is 5.32. The molecule has 0 bridgehead atoms. The molecule has 1 unspecified atom stereocenters. The van der Waals surface area contributed by atoms with Crippen LogP contribution in [-0.4, -0.2) is 48.5 Å². The van der Waals surface area contributed by atoms with E-state index in [1.54, 1.807) is 27.8 Å². The molecule has 0 radical (unpaired) electrons. The topological polar surface area (TPSA) is 100 Å². The fraction of sp³-hybridized carbons (Fsp3) is 0.333. The van der Waals surface area contributed by atoms with Gasteiger partial charge in [0.25, 0.3) is 5.91 Å². The molecular weight excluding hydrogens is 408 g/mol. The summed E-state index contributed by atoms with van der Waals surface area (Å²) in [7, 11) is 1.64. The fourth-order valence-corrected chi connectivity index (χ4v) is 3.25. The van der Waals surface area contributed by atoms with Gasteiger partial charge in [0.15, 0.2) is 0 Å². The molecule has 0 aliphatic carbocycles. The van der Waals surface area contributed by atoms with E-state index in [0.29, 0.717) is 11.4 Å². The number of alkyl carbamates (subject to hydrolysis) is 1. The van der Waals surface area contributed by atoms with Crippen molar-refractivity contribution in [2.24, 2.45) is 4.99 Å². The van der Waals surface area contributed by atoms with Crippen LogP contribution < -0.4 is 15.5 Å². The number of anilines is 1. The molecule has 2 atom stereocenters. The Hall–Kier alpha value is -3.68. The number of aliphatic imine (C=N–C) groups is 1. The minimum atomic E-state index is -1.15. The number of fused-ring (bicyclic) bond motifs is 1. The summed E-state index contributed by atoms with van der Waals surface area (Å²) in [6.07, 6.45) is -1.87. The summed E-state index contributed by atoms with van der Waals surface area (Å²) < 4.78 is 5.19. The summed E-state index contributed by atoms with van der Waals surface area (Å²) in [4.78, 5) is 44.0. The van der Waals surface area contributed by atoms with E-state index in [-0.39, 0.29) is 5.91 Å². The van der Waals surface area contributed by atoms with Crippen molar-refractivity contribution >= 4 is 29.3 Å². The zero-order valence-corrected chi connectivity index (χ0v) is 18.9. The Morgan fingerprint density at radius 1 is 1.06 bits per heavy atom. The Bertz CT molecular complexity index is 1040. The molecule has 2 N–H and O–H groups in total. The van der Waals surface area contributed by atoms with Gasteiger partial charge in [-0.3, -0.25) is 9.59 Å². The Morgan fingerprint density at radius 2 is 1.69 bits per heavy atom. The molecule has 3 amide bonds. The molecule has 0 aromatic heterocycles. The maximum absolute atomic E-state index is 13.1.